The molecule has 2 aliphatic rings. The minimum atomic E-state index is -0.776. The lowest BCUT2D eigenvalue weighted by Gasteiger charge is -2.42. The van der Waals surface area contributed by atoms with Crippen LogP contribution in [0.5, 0.6) is 0 Å². The topological polar surface area (TPSA) is 67.2 Å². The van der Waals surface area contributed by atoms with Crippen LogP contribution < -0.4 is 4.90 Å². The third-order valence-electron chi connectivity index (χ3n) is 5.79. The summed E-state index contributed by atoms with van der Waals surface area (Å²) in [5, 5.41) is 20.7. The molecule has 0 spiro atoms. The van der Waals surface area contributed by atoms with E-state index in [-0.39, 0.29) is 24.2 Å². The summed E-state index contributed by atoms with van der Waals surface area (Å²) in [7, 11) is 0. The van der Waals surface area contributed by atoms with Crippen LogP contribution in [0.25, 0.3) is 0 Å². The van der Waals surface area contributed by atoms with Crippen molar-refractivity contribution in [2.45, 2.75) is 25.4 Å². The quantitative estimate of drug-likeness (QED) is 0.815. The fraction of sp³-hybridized carbons (Fsp3) is 0.650. The molecule has 2 aliphatic heterocycles. The first-order chi connectivity index (χ1) is 12.9. The number of aliphatic hydroxyl groups excluding tert-OH is 1. The molecule has 7 heteroatoms. The zero-order valence-electron chi connectivity index (χ0n) is 16.0. The second-order valence-corrected chi connectivity index (χ2v) is 7.94. The van der Waals surface area contributed by atoms with Crippen molar-refractivity contribution in [3.8, 4) is 0 Å². The van der Waals surface area contributed by atoms with E-state index in [0.29, 0.717) is 45.6 Å². The van der Waals surface area contributed by atoms with Crippen LogP contribution >= 0.6 is 0 Å². The van der Waals surface area contributed by atoms with Crippen LogP contribution in [0.2, 0.25) is 0 Å². The Morgan fingerprint density at radius 1 is 1.15 bits per heavy atom. The first-order valence-electron chi connectivity index (χ1n) is 9.70. The number of hydrogen-bond donors (Lipinski definition) is 2. The molecule has 27 heavy (non-hydrogen) atoms. The normalized spacial score (nSPS) is 23.9. The van der Waals surface area contributed by atoms with Crippen LogP contribution in [-0.4, -0.2) is 83.9 Å². The van der Waals surface area contributed by atoms with Gasteiger partial charge in [-0.25, -0.2) is 4.39 Å². The van der Waals surface area contributed by atoms with E-state index in [1.165, 1.54) is 12.1 Å². The highest BCUT2D eigenvalue weighted by Gasteiger charge is 2.35. The summed E-state index contributed by atoms with van der Waals surface area (Å²) in [4.78, 5) is 17.8. The minimum Gasteiger partial charge on any atom is -0.396 e. The molecule has 1 aromatic carbocycles. The molecule has 1 aromatic rings. The monoisotopic (exact) mass is 379 g/mol. The molecule has 2 fully saturated rings. The fourth-order valence-corrected chi connectivity index (χ4v) is 4.13. The molecular weight excluding hydrogens is 349 g/mol. The molecule has 1 atom stereocenters. The molecule has 6 nitrogen and oxygen atoms in total. The van der Waals surface area contributed by atoms with Gasteiger partial charge in [0.05, 0.1) is 5.60 Å². The van der Waals surface area contributed by atoms with Gasteiger partial charge in [-0.05, 0) is 37.1 Å². The Labute approximate surface area is 160 Å². The largest absolute Gasteiger partial charge is 0.396 e. The molecule has 3 rings (SSSR count). The predicted molar refractivity (Wildman–Crippen MR) is 102 cm³/mol. The first-order valence-corrected chi connectivity index (χ1v) is 9.70. The lowest BCUT2D eigenvalue weighted by molar-refractivity contribution is -0.129. The fourth-order valence-electron chi connectivity index (χ4n) is 4.13. The van der Waals surface area contributed by atoms with Crippen molar-refractivity contribution in [2.75, 3.05) is 57.3 Å². The second kappa shape index (κ2) is 8.54. The lowest BCUT2D eigenvalue weighted by Crippen LogP contribution is -2.52. The maximum atomic E-state index is 13.1. The van der Waals surface area contributed by atoms with Gasteiger partial charge in [-0.15, -0.1) is 0 Å². The van der Waals surface area contributed by atoms with Crippen LogP contribution in [0.4, 0.5) is 10.1 Å². The Morgan fingerprint density at radius 3 is 2.41 bits per heavy atom. The molecule has 150 valence electrons. The van der Waals surface area contributed by atoms with Gasteiger partial charge in [0.25, 0.3) is 0 Å². The van der Waals surface area contributed by atoms with Gasteiger partial charge in [0.2, 0.25) is 5.91 Å². The number of carbonyl (C=O) groups excluding carboxylic acids is 1. The molecule has 0 aliphatic carbocycles. The van der Waals surface area contributed by atoms with E-state index in [2.05, 4.69) is 9.80 Å². The van der Waals surface area contributed by atoms with Crippen LogP contribution in [-0.2, 0) is 4.79 Å². The zero-order valence-corrected chi connectivity index (χ0v) is 16.0. The summed E-state index contributed by atoms with van der Waals surface area (Å²) in [6, 6.07) is 6.47. The number of aliphatic hydroxyl groups is 2. The van der Waals surface area contributed by atoms with Crippen LogP contribution in [0, 0.1) is 11.7 Å². The number of anilines is 1. The average Bonchev–Trinajstić information content (AvgIpc) is 2.85. The highest BCUT2D eigenvalue weighted by atomic mass is 19.1. The molecule has 0 saturated carbocycles. The standard InChI is InChI=1S/C20H30FN3O3/c1-16(26)24-11-10-22(12-17(13-24)14-25)15-20(27)6-8-23(9-7-20)19-4-2-18(21)3-5-19/h2-5,17,25,27H,6-15H2,1H3/t17-/m0/s1. The molecule has 0 aromatic heterocycles. The van der Waals surface area contributed by atoms with E-state index in [1.54, 1.807) is 24.0 Å². The number of amides is 1. The number of hydrogen-bond acceptors (Lipinski definition) is 5. The van der Waals surface area contributed by atoms with E-state index < -0.39 is 5.60 Å². The van der Waals surface area contributed by atoms with Crippen molar-refractivity contribution >= 4 is 11.6 Å². The summed E-state index contributed by atoms with van der Waals surface area (Å²) in [6.07, 6.45) is 1.28. The Balaban J connectivity index is 1.57. The predicted octanol–water partition coefficient (Wildman–Crippen LogP) is 0.930. The molecule has 2 N–H and O–H groups in total. The number of nitrogens with zero attached hydrogens (tertiary/aromatic N) is 3. The number of β-amino-alcohol motifs (C(OH)–C–C–N with tert-alkyl or cyclic N) is 1. The van der Waals surface area contributed by atoms with Crippen molar-refractivity contribution in [3.63, 3.8) is 0 Å². The summed E-state index contributed by atoms with van der Waals surface area (Å²) in [5.74, 6) is -0.201. The number of piperidine rings is 1. The van der Waals surface area contributed by atoms with Gasteiger partial charge in [0.15, 0.2) is 0 Å². The Hall–Kier alpha value is -1.70. The Kier molecular flexibility index (Phi) is 6.34. The van der Waals surface area contributed by atoms with Crippen LogP contribution in [0.15, 0.2) is 24.3 Å². The van der Waals surface area contributed by atoms with E-state index in [1.807, 2.05) is 0 Å². The van der Waals surface area contributed by atoms with Crippen molar-refractivity contribution in [1.82, 2.24) is 9.80 Å². The molecule has 1 amide bonds. The van der Waals surface area contributed by atoms with Crippen molar-refractivity contribution in [3.05, 3.63) is 30.1 Å². The number of benzene rings is 1. The molecule has 2 heterocycles. The average molecular weight is 379 g/mol. The minimum absolute atomic E-state index is 0.0132. The number of carbonyl (C=O) groups is 1. The molecule has 0 unspecified atom stereocenters. The maximum Gasteiger partial charge on any atom is 0.219 e. The Bertz CT molecular complexity index is 632. The SMILES string of the molecule is CC(=O)N1CCN(CC2(O)CCN(c3ccc(F)cc3)CC2)C[C@H](CO)C1. The summed E-state index contributed by atoms with van der Waals surface area (Å²) >= 11 is 0. The van der Waals surface area contributed by atoms with Gasteiger partial charge in [0, 0.05) is 70.9 Å². The van der Waals surface area contributed by atoms with Gasteiger partial charge in [-0.1, -0.05) is 0 Å². The van der Waals surface area contributed by atoms with Crippen molar-refractivity contribution < 1.29 is 19.4 Å². The highest BCUT2D eigenvalue weighted by molar-refractivity contribution is 5.73. The Morgan fingerprint density at radius 2 is 1.81 bits per heavy atom. The van der Waals surface area contributed by atoms with Gasteiger partial charge < -0.3 is 20.0 Å². The van der Waals surface area contributed by atoms with Gasteiger partial charge >= 0.3 is 0 Å². The molecule has 0 radical (unpaired) electrons. The maximum absolute atomic E-state index is 13.1. The van der Waals surface area contributed by atoms with Crippen LogP contribution in [0.3, 0.4) is 0 Å². The number of rotatable bonds is 4. The highest BCUT2D eigenvalue weighted by Crippen LogP contribution is 2.28. The van der Waals surface area contributed by atoms with Gasteiger partial charge in [0.1, 0.15) is 5.82 Å². The van der Waals surface area contributed by atoms with E-state index >= 15 is 0 Å². The van der Waals surface area contributed by atoms with Crippen LogP contribution in [0.1, 0.15) is 19.8 Å². The van der Waals surface area contributed by atoms with Gasteiger partial charge in [-0.3, -0.25) is 9.69 Å². The molecule has 2 saturated heterocycles. The zero-order chi connectivity index (χ0) is 19.4. The first kappa shape index (κ1) is 20.0. The van der Waals surface area contributed by atoms with Gasteiger partial charge in [-0.2, -0.15) is 0 Å². The second-order valence-electron chi connectivity index (χ2n) is 7.94. The third-order valence-corrected chi connectivity index (χ3v) is 5.79. The van der Waals surface area contributed by atoms with E-state index in [4.69, 9.17) is 0 Å². The number of halogens is 1. The lowest BCUT2D eigenvalue weighted by atomic mass is 9.90. The summed E-state index contributed by atoms with van der Waals surface area (Å²) < 4.78 is 13.1. The van der Waals surface area contributed by atoms with E-state index in [0.717, 1.165) is 18.8 Å². The van der Waals surface area contributed by atoms with E-state index in [9.17, 15) is 19.4 Å². The van der Waals surface area contributed by atoms with Crippen molar-refractivity contribution in [1.29, 1.82) is 0 Å². The summed E-state index contributed by atoms with van der Waals surface area (Å²) in [5.41, 5.74) is 0.202. The molecular formula is C20H30FN3O3. The smallest absolute Gasteiger partial charge is 0.219 e. The molecule has 0 bridgehead atoms. The summed E-state index contributed by atoms with van der Waals surface area (Å²) in [6.45, 7) is 6.18. The van der Waals surface area contributed by atoms with Crippen molar-refractivity contribution in [2.24, 2.45) is 5.92 Å². The third kappa shape index (κ3) is 5.18.